The number of ether oxygens (including phenoxy) is 1. The number of anilines is 1. The van der Waals surface area contributed by atoms with Crippen LogP contribution < -0.4 is 15.8 Å². The van der Waals surface area contributed by atoms with Crippen LogP contribution in [0.4, 0.5) is 5.69 Å². The largest absolute Gasteiger partial charge is 0.507 e. The van der Waals surface area contributed by atoms with Gasteiger partial charge in [-0.15, -0.1) is 0 Å². The zero-order valence-electron chi connectivity index (χ0n) is 16.7. The molecular weight excluding hydrogens is 386 g/mol. The highest BCUT2D eigenvalue weighted by Crippen LogP contribution is 2.33. The highest BCUT2D eigenvalue weighted by atomic mass is 16.5. The molecule has 1 aromatic heterocycles. The summed E-state index contributed by atoms with van der Waals surface area (Å²) in [7, 11) is 0. The fraction of sp³-hybridized carbons (Fsp3) is 0.227. The average Bonchev–Trinajstić information content (AvgIpc) is 2.70. The highest BCUT2D eigenvalue weighted by Gasteiger charge is 2.20. The van der Waals surface area contributed by atoms with Crippen molar-refractivity contribution in [3.05, 3.63) is 59.3 Å². The first kappa shape index (κ1) is 20.9. The van der Waals surface area contributed by atoms with Gasteiger partial charge in [0, 0.05) is 0 Å². The van der Waals surface area contributed by atoms with Crippen LogP contribution in [0.25, 0.3) is 10.9 Å². The van der Waals surface area contributed by atoms with Gasteiger partial charge in [0.2, 0.25) is 0 Å². The van der Waals surface area contributed by atoms with Crippen LogP contribution in [-0.4, -0.2) is 39.7 Å². The number of phenols is 1. The number of carbonyl (C=O) groups is 2. The zero-order chi connectivity index (χ0) is 21.8. The highest BCUT2D eigenvalue weighted by molar-refractivity contribution is 6.06. The van der Waals surface area contributed by atoms with E-state index in [1.54, 1.807) is 37.3 Å². The van der Waals surface area contributed by atoms with Gasteiger partial charge in [-0.1, -0.05) is 25.1 Å². The Morgan fingerprint density at radius 3 is 2.60 bits per heavy atom. The summed E-state index contributed by atoms with van der Waals surface area (Å²) in [4.78, 5) is 28.3. The van der Waals surface area contributed by atoms with E-state index in [9.17, 15) is 19.8 Å². The van der Waals surface area contributed by atoms with Gasteiger partial charge in [-0.3, -0.25) is 9.78 Å². The van der Waals surface area contributed by atoms with Crippen molar-refractivity contribution in [1.82, 2.24) is 10.3 Å². The Morgan fingerprint density at radius 2 is 1.93 bits per heavy atom. The van der Waals surface area contributed by atoms with Crippen molar-refractivity contribution in [2.24, 2.45) is 0 Å². The minimum atomic E-state index is -1.16. The first-order valence-electron chi connectivity index (χ1n) is 9.47. The number of carboxylic acid groups (broad SMARTS) is 1. The second-order valence-corrected chi connectivity index (χ2v) is 6.85. The van der Waals surface area contributed by atoms with Crippen LogP contribution in [0.2, 0.25) is 0 Å². The molecule has 0 aliphatic heterocycles. The lowest BCUT2D eigenvalue weighted by molar-refractivity contribution is 0.0696. The Bertz CT molecular complexity index is 1110. The molecule has 8 nitrogen and oxygen atoms in total. The van der Waals surface area contributed by atoms with Crippen LogP contribution in [0.3, 0.4) is 0 Å². The molecule has 0 aliphatic carbocycles. The topological polar surface area (TPSA) is 135 Å². The molecule has 156 valence electrons. The molecule has 5 N–H and O–H groups in total. The summed E-state index contributed by atoms with van der Waals surface area (Å²) < 4.78 is 5.90. The van der Waals surface area contributed by atoms with E-state index in [2.05, 4.69) is 10.3 Å². The number of nitrogens with one attached hydrogen (secondary N) is 1. The van der Waals surface area contributed by atoms with Gasteiger partial charge < -0.3 is 26.0 Å². The minimum absolute atomic E-state index is 0.0570. The molecule has 0 saturated heterocycles. The molecule has 0 bridgehead atoms. The number of nitrogens with zero attached hydrogens (tertiary/aromatic N) is 1. The third kappa shape index (κ3) is 4.12. The smallest absolute Gasteiger partial charge is 0.339 e. The summed E-state index contributed by atoms with van der Waals surface area (Å²) in [5.41, 5.74) is 7.20. The summed E-state index contributed by atoms with van der Waals surface area (Å²) in [6.07, 6.45) is 0.581. The second kappa shape index (κ2) is 8.69. The van der Waals surface area contributed by atoms with Gasteiger partial charge in [0.25, 0.3) is 5.91 Å². The average molecular weight is 409 g/mol. The van der Waals surface area contributed by atoms with E-state index >= 15 is 0 Å². The van der Waals surface area contributed by atoms with Crippen LogP contribution in [0.15, 0.2) is 42.5 Å². The number of aromatic carboxylic acids is 1. The first-order chi connectivity index (χ1) is 14.3. The molecule has 1 heterocycles. The van der Waals surface area contributed by atoms with Gasteiger partial charge in [0.1, 0.15) is 23.7 Å². The van der Waals surface area contributed by atoms with Crippen LogP contribution in [0.1, 0.15) is 39.8 Å². The number of hydrogen-bond donors (Lipinski definition) is 4. The normalized spacial score (nSPS) is 11.8. The summed E-state index contributed by atoms with van der Waals surface area (Å²) in [6, 6.07) is 11.1. The number of para-hydroxylation sites is 1. The van der Waals surface area contributed by atoms with E-state index in [1.165, 1.54) is 12.1 Å². The molecule has 3 aromatic rings. The van der Waals surface area contributed by atoms with Crippen LogP contribution in [0, 0.1) is 6.92 Å². The molecule has 0 radical (unpaired) electrons. The van der Waals surface area contributed by atoms with E-state index in [1.807, 2.05) is 6.92 Å². The van der Waals surface area contributed by atoms with Crippen LogP contribution >= 0.6 is 0 Å². The number of phenolic OH excluding ortho intramolecular Hbond substituents is 1. The third-order valence-corrected chi connectivity index (χ3v) is 4.82. The number of rotatable bonds is 7. The van der Waals surface area contributed by atoms with Crippen molar-refractivity contribution < 1.29 is 24.5 Å². The standard InChI is InChI=1S/C22H23N3O5/c1-3-13(25-21(27)14-7-4-5-9-16(14)26)11-30-17-10-6-8-15-19(17)20(23)18(22(28)29)12(2)24-15/h4-10,13,26H,3,11H2,1-2H3,(H2,23,24)(H,25,27)(H,28,29)/t13-/m0/s1. The minimum Gasteiger partial charge on any atom is -0.507 e. The monoisotopic (exact) mass is 409 g/mol. The van der Waals surface area contributed by atoms with E-state index < -0.39 is 11.9 Å². The number of nitrogen functional groups attached to an aromatic ring is 1. The molecule has 0 aliphatic rings. The number of benzene rings is 2. The molecule has 30 heavy (non-hydrogen) atoms. The molecule has 8 heteroatoms. The fourth-order valence-electron chi connectivity index (χ4n) is 3.21. The summed E-state index contributed by atoms with van der Waals surface area (Å²) in [5, 5.41) is 22.6. The Morgan fingerprint density at radius 1 is 1.20 bits per heavy atom. The van der Waals surface area contributed by atoms with Crippen molar-refractivity contribution >= 4 is 28.5 Å². The number of aromatic nitrogens is 1. The summed E-state index contributed by atoms with van der Waals surface area (Å²) >= 11 is 0. The van der Waals surface area contributed by atoms with Crippen molar-refractivity contribution in [1.29, 1.82) is 0 Å². The van der Waals surface area contributed by atoms with Gasteiger partial charge in [-0.05, 0) is 37.6 Å². The number of amides is 1. The molecule has 1 amide bonds. The maximum atomic E-state index is 12.4. The second-order valence-electron chi connectivity index (χ2n) is 6.85. The molecule has 0 saturated carbocycles. The van der Waals surface area contributed by atoms with Crippen LogP contribution in [-0.2, 0) is 0 Å². The van der Waals surface area contributed by atoms with Crippen molar-refractivity contribution in [3.8, 4) is 11.5 Å². The molecular formula is C22H23N3O5. The number of nitrogens with two attached hydrogens (primary N) is 1. The van der Waals surface area contributed by atoms with Gasteiger partial charge >= 0.3 is 5.97 Å². The van der Waals surface area contributed by atoms with Gasteiger partial charge in [-0.2, -0.15) is 0 Å². The van der Waals surface area contributed by atoms with E-state index in [-0.39, 0.29) is 35.2 Å². The lowest BCUT2D eigenvalue weighted by Crippen LogP contribution is -2.38. The van der Waals surface area contributed by atoms with Gasteiger partial charge in [0.15, 0.2) is 0 Å². The molecule has 0 unspecified atom stereocenters. The molecule has 1 atom stereocenters. The third-order valence-electron chi connectivity index (χ3n) is 4.82. The Balaban J connectivity index is 1.83. The quantitative estimate of drug-likeness (QED) is 0.471. The Hall–Kier alpha value is -3.81. The SMILES string of the molecule is CC[C@@H](COc1cccc2nc(C)c(C(=O)O)c(N)c12)NC(=O)c1ccccc1O. The van der Waals surface area contributed by atoms with Gasteiger partial charge in [-0.25, -0.2) is 4.79 Å². The van der Waals surface area contributed by atoms with Crippen molar-refractivity contribution in [2.45, 2.75) is 26.3 Å². The predicted octanol–water partition coefficient (Wildman–Crippen LogP) is 3.12. The van der Waals surface area contributed by atoms with Crippen molar-refractivity contribution in [3.63, 3.8) is 0 Å². The number of carbonyl (C=O) groups excluding carboxylic acids is 1. The van der Waals surface area contributed by atoms with E-state index in [0.717, 1.165) is 0 Å². The lowest BCUT2D eigenvalue weighted by atomic mass is 10.1. The number of aryl methyl sites for hydroxylation is 1. The summed E-state index contributed by atoms with van der Waals surface area (Å²) in [6.45, 7) is 3.61. The number of hydrogen-bond acceptors (Lipinski definition) is 6. The molecule has 0 spiro atoms. The van der Waals surface area contributed by atoms with Crippen LogP contribution in [0.5, 0.6) is 11.5 Å². The molecule has 2 aromatic carbocycles. The van der Waals surface area contributed by atoms with Gasteiger partial charge in [0.05, 0.1) is 33.9 Å². The number of aromatic hydroxyl groups is 1. The van der Waals surface area contributed by atoms with E-state index in [0.29, 0.717) is 28.8 Å². The first-order valence-corrected chi connectivity index (χ1v) is 9.47. The molecule has 3 rings (SSSR count). The van der Waals surface area contributed by atoms with E-state index in [4.69, 9.17) is 10.5 Å². The Kier molecular flexibility index (Phi) is 6.06. The maximum absolute atomic E-state index is 12.4. The van der Waals surface area contributed by atoms with Crippen molar-refractivity contribution in [2.75, 3.05) is 12.3 Å². The number of pyridine rings is 1. The Labute approximate surface area is 173 Å². The lowest BCUT2D eigenvalue weighted by Gasteiger charge is -2.19. The number of fused-ring (bicyclic) bond motifs is 1. The summed E-state index contributed by atoms with van der Waals surface area (Å²) in [5.74, 6) is -1.28. The fourth-order valence-corrected chi connectivity index (χ4v) is 3.21. The zero-order valence-corrected chi connectivity index (χ0v) is 16.7. The number of carboxylic acids is 1. The maximum Gasteiger partial charge on any atom is 0.339 e. The molecule has 0 fully saturated rings. The predicted molar refractivity (Wildman–Crippen MR) is 113 cm³/mol.